The highest BCUT2D eigenvalue weighted by atomic mass is 16.5. The minimum absolute atomic E-state index is 0.203. The number of piperidine rings is 1. The predicted molar refractivity (Wildman–Crippen MR) is 95.8 cm³/mol. The summed E-state index contributed by atoms with van der Waals surface area (Å²) in [5.41, 5.74) is 0.911. The van der Waals surface area contributed by atoms with Crippen LogP contribution in [0.5, 0.6) is 5.75 Å². The van der Waals surface area contributed by atoms with Gasteiger partial charge in [0.2, 0.25) is 11.8 Å². The molecule has 0 aliphatic carbocycles. The van der Waals surface area contributed by atoms with Crippen LogP contribution >= 0.6 is 0 Å². The summed E-state index contributed by atoms with van der Waals surface area (Å²) in [4.78, 5) is 18.5. The Morgan fingerprint density at radius 1 is 1.44 bits per heavy atom. The molecule has 0 saturated carbocycles. The average Bonchev–Trinajstić information content (AvgIpc) is 3.10. The molecule has 1 fully saturated rings. The molecule has 5 heteroatoms. The fourth-order valence-corrected chi connectivity index (χ4v) is 3.50. The van der Waals surface area contributed by atoms with Crippen molar-refractivity contribution >= 4 is 5.91 Å². The number of carbonyl (C=O) groups is 1. The molecule has 3 rings (SSSR count). The number of likely N-dealkylation sites (tertiary alicyclic amines) is 1. The van der Waals surface area contributed by atoms with Crippen LogP contribution in [0.15, 0.2) is 34.9 Å². The van der Waals surface area contributed by atoms with Gasteiger partial charge in [-0.15, -0.1) is 0 Å². The second-order valence-corrected chi connectivity index (χ2v) is 6.99. The molecule has 2 heterocycles. The monoisotopic (exact) mass is 342 g/mol. The van der Waals surface area contributed by atoms with Gasteiger partial charge in [-0.3, -0.25) is 4.79 Å². The summed E-state index contributed by atoms with van der Waals surface area (Å²) in [7, 11) is 1.67. The quantitative estimate of drug-likeness (QED) is 0.834. The van der Waals surface area contributed by atoms with Gasteiger partial charge in [0.15, 0.2) is 0 Å². The largest absolute Gasteiger partial charge is 0.497 e. The Bertz CT molecular complexity index is 740. The van der Waals surface area contributed by atoms with E-state index in [0.29, 0.717) is 19.4 Å². The van der Waals surface area contributed by atoms with Crippen molar-refractivity contribution in [3.8, 4) is 5.75 Å². The van der Waals surface area contributed by atoms with E-state index in [1.165, 1.54) is 0 Å². The highest BCUT2D eigenvalue weighted by molar-refractivity contribution is 5.76. The van der Waals surface area contributed by atoms with E-state index in [-0.39, 0.29) is 11.3 Å². The highest BCUT2D eigenvalue weighted by Gasteiger charge is 2.38. The number of rotatable bonds is 5. The first-order chi connectivity index (χ1) is 12.0. The summed E-state index contributed by atoms with van der Waals surface area (Å²) in [6, 6.07) is 7.96. The van der Waals surface area contributed by atoms with Gasteiger partial charge < -0.3 is 14.1 Å². The first-order valence-corrected chi connectivity index (χ1v) is 8.90. The molecule has 0 unspecified atom stereocenters. The molecule has 0 spiro atoms. The van der Waals surface area contributed by atoms with E-state index < -0.39 is 0 Å². The van der Waals surface area contributed by atoms with Crippen molar-refractivity contribution in [1.82, 2.24) is 9.88 Å². The zero-order valence-corrected chi connectivity index (χ0v) is 15.2. The Balaban J connectivity index is 1.74. The smallest absolute Gasteiger partial charge is 0.222 e. The zero-order valence-electron chi connectivity index (χ0n) is 15.2. The molecule has 1 aromatic carbocycles. The third kappa shape index (κ3) is 3.86. The van der Waals surface area contributed by atoms with Crippen LogP contribution in [0.3, 0.4) is 0 Å². The van der Waals surface area contributed by atoms with E-state index in [9.17, 15) is 4.79 Å². The first kappa shape index (κ1) is 17.5. The molecule has 25 heavy (non-hydrogen) atoms. The van der Waals surface area contributed by atoms with Gasteiger partial charge in [0, 0.05) is 25.9 Å². The van der Waals surface area contributed by atoms with Crippen LogP contribution in [0.1, 0.15) is 50.3 Å². The molecular weight excluding hydrogens is 316 g/mol. The van der Waals surface area contributed by atoms with E-state index in [1.54, 1.807) is 13.3 Å². The molecule has 0 N–H and O–H groups in total. The molecule has 134 valence electrons. The molecule has 0 bridgehead atoms. The van der Waals surface area contributed by atoms with Crippen LogP contribution < -0.4 is 4.74 Å². The SMILES string of the molecule is CCC(=O)N1CCC[C@](C)(c2ncc(Cc3cccc(OC)c3)o2)C1. The van der Waals surface area contributed by atoms with E-state index in [0.717, 1.165) is 42.4 Å². The minimum atomic E-state index is -0.213. The molecule has 1 amide bonds. The van der Waals surface area contributed by atoms with Crippen LogP contribution in [0.4, 0.5) is 0 Å². The number of hydrogen-bond donors (Lipinski definition) is 0. The lowest BCUT2D eigenvalue weighted by molar-refractivity contribution is -0.133. The fraction of sp³-hybridized carbons (Fsp3) is 0.500. The fourth-order valence-electron chi connectivity index (χ4n) is 3.50. The summed E-state index contributed by atoms with van der Waals surface area (Å²) in [6.07, 6.45) is 5.00. The van der Waals surface area contributed by atoms with Crippen molar-refractivity contribution in [2.45, 2.75) is 44.9 Å². The summed E-state index contributed by atoms with van der Waals surface area (Å²) in [5, 5.41) is 0. The number of amides is 1. The summed E-state index contributed by atoms with van der Waals surface area (Å²) >= 11 is 0. The van der Waals surface area contributed by atoms with E-state index in [2.05, 4.69) is 18.0 Å². The molecule has 5 nitrogen and oxygen atoms in total. The maximum Gasteiger partial charge on any atom is 0.222 e. The topological polar surface area (TPSA) is 55.6 Å². The third-order valence-electron chi connectivity index (χ3n) is 4.93. The predicted octanol–water partition coefficient (Wildman–Crippen LogP) is 3.56. The Labute approximate surface area is 149 Å². The Morgan fingerprint density at radius 2 is 2.28 bits per heavy atom. The molecule has 1 aliphatic heterocycles. The number of ether oxygens (including phenoxy) is 1. The number of methoxy groups -OCH3 is 1. The number of aromatic nitrogens is 1. The lowest BCUT2D eigenvalue weighted by Gasteiger charge is -2.38. The van der Waals surface area contributed by atoms with Crippen molar-refractivity contribution in [2.75, 3.05) is 20.2 Å². The van der Waals surface area contributed by atoms with Crippen molar-refractivity contribution in [2.24, 2.45) is 0 Å². The van der Waals surface area contributed by atoms with Crippen LogP contribution in [0, 0.1) is 0 Å². The van der Waals surface area contributed by atoms with Gasteiger partial charge in [-0.2, -0.15) is 0 Å². The number of hydrogen-bond acceptors (Lipinski definition) is 4. The van der Waals surface area contributed by atoms with Gasteiger partial charge in [-0.25, -0.2) is 4.98 Å². The van der Waals surface area contributed by atoms with Crippen LogP contribution in [-0.4, -0.2) is 36.0 Å². The number of carbonyl (C=O) groups excluding carboxylic acids is 1. The molecule has 1 aromatic heterocycles. The second kappa shape index (κ2) is 7.30. The first-order valence-electron chi connectivity index (χ1n) is 8.90. The van der Waals surface area contributed by atoms with E-state index in [1.807, 2.05) is 30.0 Å². The van der Waals surface area contributed by atoms with Gasteiger partial charge >= 0.3 is 0 Å². The molecule has 1 saturated heterocycles. The number of oxazole rings is 1. The molecular formula is C20H26N2O3. The number of nitrogens with zero attached hydrogens (tertiary/aromatic N) is 2. The van der Waals surface area contributed by atoms with Crippen LogP contribution in [0.25, 0.3) is 0 Å². The standard InChI is InChI=1S/C20H26N2O3/c1-4-18(23)22-10-6-9-20(2,14-22)19-21-13-17(25-19)12-15-7-5-8-16(11-15)24-3/h5,7-8,11,13H,4,6,9-10,12,14H2,1-3H3/t20-/m0/s1. The Morgan fingerprint density at radius 3 is 3.04 bits per heavy atom. The van der Waals surface area contributed by atoms with Gasteiger partial charge in [0.05, 0.1) is 18.7 Å². The van der Waals surface area contributed by atoms with Crippen molar-refractivity contribution in [1.29, 1.82) is 0 Å². The molecule has 2 aromatic rings. The van der Waals surface area contributed by atoms with Gasteiger partial charge in [-0.1, -0.05) is 19.1 Å². The van der Waals surface area contributed by atoms with Crippen LogP contribution in [-0.2, 0) is 16.6 Å². The third-order valence-corrected chi connectivity index (χ3v) is 4.93. The lowest BCUT2D eigenvalue weighted by Crippen LogP contribution is -2.47. The normalized spacial score (nSPS) is 20.5. The minimum Gasteiger partial charge on any atom is -0.497 e. The lowest BCUT2D eigenvalue weighted by atomic mass is 9.81. The maximum absolute atomic E-state index is 12.1. The summed E-state index contributed by atoms with van der Waals surface area (Å²) in [6.45, 7) is 5.56. The van der Waals surface area contributed by atoms with Crippen LogP contribution in [0.2, 0.25) is 0 Å². The molecule has 1 atom stereocenters. The van der Waals surface area contributed by atoms with Crippen molar-refractivity contribution in [3.05, 3.63) is 47.7 Å². The van der Waals surface area contributed by atoms with Crippen molar-refractivity contribution in [3.63, 3.8) is 0 Å². The Kier molecular flexibility index (Phi) is 5.11. The van der Waals surface area contributed by atoms with Gasteiger partial charge in [0.1, 0.15) is 11.5 Å². The van der Waals surface area contributed by atoms with Crippen molar-refractivity contribution < 1.29 is 13.9 Å². The van der Waals surface area contributed by atoms with E-state index >= 15 is 0 Å². The Hall–Kier alpha value is -2.30. The van der Waals surface area contributed by atoms with Gasteiger partial charge in [0.25, 0.3) is 0 Å². The summed E-state index contributed by atoms with van der Waals surface area (Å²) < 4.78 is 11.3. The van der Waals surface area contributed by atoms with Gasteiger partial charge in [-0.05, 0) is 37.5 Å². The zero-order chi connectivity index (χ0) is 17.9. The maximum atomic E-state index is 12.1. The average molecular weight is 342 g/mol. The molecule has 0 radical (unpaired) electrons. The summed E-state index contributed by atoms with van der Waals surface area (Å²) in [5.74, 6) is 2.61. The molecule has 1 aliphatic rings. The highest BCUT2D eigenvalue weighted by Crippen LogP contribution is 2.34. The number of benzene rings is 1. The second-order valence-electron chi connectivity index (χ2n) is 6.99. The van der Waals surface area contributed by atoms with E-state index in [4.69, 9.17) is 9.15 Å².